The largest absolute Gasteiger partial charge is 0.381 e. The normalized spacial score (nSPS) is 21.7. The summed E-state index contributed by atoms with van der Waals surface area (Å²) >= 11 is 6.15. The Kier molecular flexibility index (Phi) is 5.36. The van der Waals surface area contributed by atoms with Crippen molar-refractivity contribution in [3.8, 4) is 6.07 Å². The molecule has 2 heterocycles. The van der Waals surface area contributed by atoms with Gasteiger partial charge in [0, 0.05) is 31.4 Å². The second kappa shape index (κ2) is 7.55. The number of aliphatic hydroxyl groups is 1. The smallest absolute Gasteiger partial charge is 0.252 e. The number of halogens is 1. The van der Waals surface area contributed by atoms with Gasteiger partial charge < -0.3 is 15.3 Å². The van der Waals surface area contributed by atoms with E-state index in [9.17, 15) is 9.90 Å². The Hall–Kier alpha value is -2.62. The van der Waals surface area contributed by atoms with Crippen LogP contribution in [0.5, 0.6) is 0 Å². The summed E-state index contributed by atoms with van der Waals surface area (Å²) in [7, 11) is 0. The minimum atomic E-state index is -1.14. The minimum absolute atomic E-state index is 0.183. The highest BCUT2D eigenvalue weighted by Gasteiger charge is 2.46. The first-order chi connectivity index (χ1) is 12.9. The van der Waals surface area contributed by atoms with Gasteiger partial charge in [-0.2, -0.15) is 5.26 Å². The number of pyridine rings is 1. The van der Waals surface area contributed by atoms with Crippen molar-refractivity contribution < 1.29 is 9.90 Å². The maximum absolute atomic E-state index is 11.9. The lowest BCUT2D eigenvalue weighted by Crippen LogP contribution is -2.41. The van der Waals surface area contributed by atoms with Gasteiger partial charge in [0.2, 0.25) is 0 Å². The lowest BCUT2D eigenvalue weighted by atomic mass is 9.91. The molecule has 1 aliphatic heterocycles. The summed E-state index contributed by atoms with van der Waals surface area (Å²) in [6.45, 7) is 4.95. The molecule has 1 fully saturated rings. The zero-order valence-electron chi connectivity index (χ0n) is 15.2. The zero-order valence-corrected chi connectivity index (χ0v) is 16.0. The molecule has 2 N–H and O–H groups in total. The van der Waals surface area contributed by atoms with Gasteiger partial charge in [-0.25, -0.2) is 0 Å². The van der Waals surface area contributed by atoms with Crippen molar-refractivity contribution in [3.05, 3.63) is 58.4 Å². The van der Waals surface area contributed by atoms with E-state index in [2.05, 4.69) is 10.3 Å². The summed E-state index contributed by atoms with van der Waals surface area (Å²) in [5.41, 5.74) is 1.13. The Morgan fingerprint density at radius 1 is 1.48 bits per heavy atom. The number of nitriles is 1. The lowest BCUT2D eigenvalue weighted by Gasteiger charge is -2.32. The second-order valence-electron chi connectivity index (χ2n) is 6.61. The van der Waals surface area contributed by atoms with E-state index in [1.165, 1.54) is 6.20 Å². The van der Waals surface area contributed by atoms with Gasteiger partial charge in [-0.3, -0.25) is 9.78 Å². The van der Waals surface area contributed by atoms with Crippen LogP contribution in [-0.2, 0) is 5.60 Å². The van der Waals surface area contributed by atoms with Gasteiger partial charge >= 0.3 is 0 Å². The molecule has 3 rings (SSSR count). The first-order valence-corrected chi connectivity index (χ1v) is 9.22. The van der Waals surface area contributed by atoms with Crippen molar-refractivity contribution in [1.82, 2.24) is 10.3 Å². The number of benzene rings is 1. The van der Waals surface area contributed by atoms with Crippen LogP contribution in [-0.4, -0.2) is 35.1 Å². The molecule has 140 valence electrons. The topological polar surface area (TPSA) is 89.2 Å². The number of aromatic nitrogens is 1. The van der Waals surface area contributed by atoms with Crippen LogP contribution in [0.3, 0.4) is 0 Å². The number of hydrogen-bond acceptors (Lipinski definition) is 5. The number of anilines is 1. The van der Waals surface area contributed by atoms with Crippen LogP contribution in [0.1, 0.15) is 41.9 Å². The van der Waals surface area contributed by atoms with Crippen LogP contribution in [0.25, 0.3) is 0 Å². The predicted octanol–water partition coefficient (Wildman–Crippen LogP) is 2.84. The summed E-state index contributed by atoms with van der Waals surface area (Å²) in [5.74, 6) is -0.183. The van der Waals surface area contributed by atoms with E-state index in [4.69, 9.17) is 16.9 Å². The van der Waals surface area contributed by atoms with E-state index < -0.39 is 5.60 Å². The monoisotopic (exact) mass is 384 g/mol. The van der Waals surface area contributed by atoms with E-state index >= 15 is 0 Å². The van der Waals surface area contributed by atoms with E-state index in [1.807, 2.05) is 30.9 Å². The summed E-state index contributed by atoms with van der Waals surface area (Å²) < 4.78 is 0. The predicted molar refractivity (Wildman–Crippen MR) is 104 cm³/mol. The van der Waals surface area contributed by atoms with Crippen LogP contribution in [0.2, 0.25) is 5.02 Å². The molecule has 6 nitrogen and oxygen atoms in total. The van der Waals surface area contributed by atoms with Crippen molar-refractivity contribution in [2.75, 3.05) is 18.0 Å². The fourth-order valence-corrected chi connectivity index (χ4v) is 3.68. The average molecular weight is 385 g/mol. The average Bonchev–Trinajstić information content (AvgIpc) is 2.98. The quantitative estimate of drug-likeness (QED) is 0.846. The molecule has 2 aromatic rings. The summed E-state index contributed by atoms with van der Waals surface area (Å²) in [6.07, 6.45) is 1.99. The Labute approximate surface area is 163 Å². The fraction of sp³-hybridized carbons (Fsp3) is 0.350. The number of carbonyl (C=O) groups excluding carboxylic acids is 1. The molecule has 1 aromatic heterocycles. The first kappa shape index (κ1) is 19.2. The standard InChI is InChI=1S/C20H21ClN4O2/c1-3-23-19(26)15-5-7-18(24-12-15)20(27)8-9-25(13(20)2)16-6-4-14(11-22)17(21)10-16/h4-7,10,12-13,27H,3,8-9H2,1-2H3,(H,23,26)/t13-,20-/m0/s1. The number of nitrogens with zero attached hydrogens (tertiary/aromatic N) is 3. The molecular formula is C20H21ClN4O2. The Bertz CT molecular complexity index is 894. The van der Waals surface area contributed by atoms with Crippen LogP contribution >= 0.6 is 11.6 Å². The Morgan fingerprint density at radius 3 is 2.85 bits per heavy atom. The highest BCUT2D eigenvalue weighted by Crippen LogP contribution is 2.40. The van der Waals surface area contributed by atoms with Gasteiger partial charge in [0.05, 0.1) is 27.9 Å². The van der Waals surface area contributed by atoms with Gasteiger partial charge in [-0.05, 0) is 44.2 Å². The van der Waals surface area contributed by atoms with Crippen molar-refractivity contribution >= 4 is 23.2 Å². The van der Waals surface area contributed by atoms with Crippen LogP contribution in [0, 0.1) is 11.3 Å². The SMILES string of the molecule is CCNC(=O)c1ccc([C@]2(O)CCN(c3ccc(C#N)c(Cl)c3)[C@H]2C)nc1. The molecule has 0 radical (unpaired) electrons. The molecule has 0 spiro atoms. The number of hydrogen-bond donors (Lipinski definition) is 2. The van der Waals surface area contributed by atoms with Gasteiger partial charge in [0.1, 0.15) is 11.7 Å². The third-order valence-electron chi connectivity index (χ3n) is 5.10. The fourth-order valence-electron chi connectivity index (χ4n) is 3.47. The van der Waals surface area contributed by atoms with Gasteiger partial charge in [-0.1, -0.05) is 11.6 Å². The third-order valence-corrected chi connectivity index (χ3v) is 5.42. The Morgan fingerprint density at radius 2 is 2.26 bits per heavy atom. The molecule has 1 aromatic carbocycles. The second-order valence-corrected chi connectivity index (χ2v) is 7.02. The number of carbonyl (C=O) groups is 1. The van der Waals surface area contributed by atoms with Gasteiger partial charge in [-0.15, -0.1) is 0 Å². The molecule has 1 aliphatic rings. The van der Waals surface area contributed by atoms with Crippen LogP contribution < -0.4 is 10.2 Å². The summed E-state index contributed by atoms with van der Waals surface area (Å²) in [4.78, 5) is 18.3. The maximum Gasteiger partial charge on any atom is 0.252 e. The van der Waals surface area contributed by atoms with E-state index in [1.54, 1.807) is 24.3 Å². The molecular weight excluding hydrogens is 364 g/mol. The molecule has 0 saturated carbocycles. The molecule has 1 amide bonds. The highest BCUT2D eigenvalue weighted by atomic mass is 35.5. The summed E-state index contributed by atoms with van der Waals surface area (Å²) in [6, 6.07) is 10.4. The maximum atomic E-state index is 11.9. The van der Waals surface area contributed by atoms with Crippen molar-refractivity contribution in [2.45, 2.75) is 31.9 Å². The Balaban J connectivity index is 1.84. The molecule has 1 saturated heterocycles. The van der Waals surface area contributed by atoms with E-state index in [0.717, 1.165) is 5.69 Å². The molecule has 7 heteroatoms. The van der Waals surface area contributed by atoms with Crippen LogP contribution in [0.4, 0.5) is 5.69 Å². The molecule has 0 bridgehead atoms. The van der Waals surface area contributed by atoms with Crippen molar-refractivity contribution in [2.24, 2.45) is 0 Å². The lowest BCUT2D eigenvalue weighted by molar-refractivity contribution is 0.0285. The number of amides is 1. The van der Waals surface area contributed by atoms with Crippen LogP contribution in [0.15, 0.2) is 36.5 Å². The molecule has 27 heavy (non-hydrogen) atoms. The minimum Gasteiger partial charge on any atom is -0.381 e. The number of nitrogens with one attached hydrogen (secondary N) is 1. The van der Waals surface area contributed by atoms with E-state index in [0.29, 0.717) is 41.4 Å². The summed E-state index contributed by atoms with van der Waals surface area (Å²) in [5, 5.41) is 23.4. The number of rotatable bonds is 4. The van der Waals surface area contributed by atoms with E-state index in [-0.39, 0.29) is 11.9 Å². The van der Waals surface area contributed by atoms with Gasteiger partial charge in [0.15, 0.2) is 0 Å². The molecule has 0 unspecified atom stereocenters. The van der Waals surface area contributed by atoms with Gasteiger partial charge in [0.25, 0.3) is 5.91 Å². The third kappa shape index (κ3) is 3.48. The van der Waals surface area contributed by atoms with Crippen molar-refractivity contribution in [1.29, 1.82) is 5.26 Å². The van der Waals surface area contributed by atoms with Crippen molar-refractivity contribution in [3.63, 3.8) is 0 Å². The first-order valence-electron chi connectivity index (χ1n) is 8.84. The molecule has 2 atom stereocenters. The highest BCUT2D eigenvalue weighted by molar-refractivity contribution is 6.32. The zero-order chi connectivity index (χ0) is 19.6. The molecule has 0 aliphatic carbocycles.